The number of amides is 1. The van der Waals surface area contributed by atoms with Crippen LogP contribution in [0, 0.1) is 17.2 Å². The highest BCUT2D eigenvalue weighted by molar-refractivity contribution is 5.65. The number of carbonyl (C=O) groups is 1. The molecule has 1 aliphatic rings. The van der Waals surface area contributed by atoms with Gasteiger partial charge in [0, 0.05) is 12.6 Å². The maximum Gasteiger partial charge on any atom is 0.407 e. The van der Waals surface area contributed by atoms with Gasteiger partial charge in [-0.3, -0.25) is 0 Å². The standard InChI is InChI=1S/C7H10N2O2/c1-5-6(4-8)2-3-9(5)7(10)11/h5-6H,2-3H2,1H3,(H,10,11)/t5-,6?/m1/s1. The van der Waals surface area contributed by atoms with E-state index in [2.05, 4.69) is 6.07 Å². The molecule has 0 bridgehead atoms. The minimum absolute atomic E-state index is 0.119. The van der Waals surface area contributed by atoms with E-state index in [1.165, 1.54) is 4.90 Å². The Morgan fingerprint density at radius 3 is 2.73 bits per heavy atom. The first-order valence-corrected chi connectivity index (χ1v) is 3.56. The van der Waals surface area contributed by atoms with E-state index in [4.69, 9.17) is 10.4 Å². The molecule has 1 N–H and O–H groups in total. The predicted octanol–water partition coefficient (Wildman–Crippen LogP) is 0.898. The quantitative estimate of drug-likeness (QED) is 0.563. The van der Waals surface area contributed by atoms with Gasteiger partial charge in [0.2, 0.25) is 0 Å². The fourth-order valence-corrected chi connectivity index (χ4v) is 1.38. The van der Waals surface area contributed by atoms with Gasteiger partial charge in [0.05, 0.1) is 12.0 Å². The normalized spacial score (nSPS) is 30.0. The third-order valence-corrected chi connectivity index (χ3v) is 2.17. The van der Waals surface area contributed by atoms with Crippen LogP contribution in [0.1, 0.15) is 13.3 Å². The Bertz CT molecular complexity index is 209. The second kappa shape index (κ2) is 2.79. The fraction of sp³-hybridized carbons (Fsp3) is 0.714. The molecule has 1 amide bonds. The first kappa shape index (κ1) is 7.86. The second-order valence-electron chi connectivity index (χ2n) is 2.74. The zero-order chi connectivity index (χ0) is 8.43. The molecule has 11 heavy (non-hydrogen) atoms. The lowest BCUT2D eigenvalue weighted by Gasteiger charge is -2.17. The van der Waals surface area contributed by atoms with E-state index in [1.807, 2.05) is 0 Å². The summed E-state index contributed by atoms with van der Waals surface area (Å²) >= 11 is 0. The lowest BCUT2D eigenvalue weighted by atomic mass is 10.0. The molecule has 1 heterocycles. The van der Waals surface area contributed by atoms with Crippen molar-refractivity contribution in [3.8, 4) is 6.07 Å². The Hall–Kier alpha value is -1.24. The van der Waals surface area contributed by atoms with Crippen LogP contribution >= 0.6 is 0 Å². The monoisotopic (exact) mass is 154 g/mol. The Morgan fingerprint density at radius 2 is 2.45 bits per heavy atom. The van der Waals surface area contributed by atoms with Crippen LogP contribution < -0.4 is 0 Å². The van der Waals surface area contributed by atoms with E-state index in [0.717, 1.165) is 0 Å². The lowest BCUT2D eigenvalue weighted by molar-refractivity contribution is 0.141. The van der Waals surface area contributed by atoms with E-state index in [-0.39, 0.29) is 12.0 Å². The summed E-state index contributed by atoms with van der Waals surface area (Å²) < 4.78 is 0. The maximum atomic E-state index is 10.5. The van der Waals surface area contributed by atoms with Crippen LogP contribution in [-0.4, -0.2) is 28.7 Å². The van der Waals surface area contributed by atoms with Gasteiger partial charge in [-0.15, -0.1) is 0 Å². The first-order chi connectivity index (χ1) is 5.16. The molecule has 0 spiro atoms. The number of likely N-dealkylation sites (tertiary alicyclic amines) is 1. The molecule has 4 nitrogen and oxygen atoms in total. The van der Waals surface area contributed by atoms with Crippen molar-refractivity contribution >= 4 is 6.09 Å². The van der Waals surface area contributed by atoms with E-state index >= 15 is 0 Å². The summed E-state index contributed by atoms with van der Waals surface area (Å²) in [4.78, 5) is 11.8. The van der Waals surface area contributed by atoms with Crippen LogP contribution in [0.4, 0.5) is 4.79 Å². The summed E-state index contributed by atoms with van der Waals surface area (Å²) in [5, 5.41) is 17.2. The summed E-state index contributed by atoms with van der Waals surface area (Å²) in [6, 6.07) is 1.95. The second-order valence-corrected chi connectivity index (χ2v) is 2.74. The number of nitriles is 1. The Kier molecular flexibility index (Phi) is 1.99. The molecule has 60 valence electrons. The number of nitrogens with zero attached hydrogens (tertiary/aromatic N) is 2. The molecule has 0 aromatic rings. The highest BCUT2D eigenvalue weighted by Gasteiger charge is 2.33. The third kappa shape index (κ3) is 1.27. The molecule has 1 unspecified atom stereocenters. The number of rotatable bonds is 0. The summed E-state index contributed by atoms with van der Waals surface area (Å²) in [7, 11) is 0. The van der Waals surface area contributed by atoms with E-state index in [0.29, 0.717) is 13.0 Å². The SMILES string of the molecule is C[C@@H]1C(C#N)CCN1C(=O)O. The molecule has 0 aliphatic carbocycles. The molecule has 0 aromatic carbocycles. The highest BCUT2D eigenvalue weighted by Crippen LogP contribution is 2.22. The van der Waals surface area contributed by atoms with Crippen molar-refractivity contribution in [3.63, 3.8) is 0 Å². The van der Waals surface area contributed by atoms with Crippen molar-refractivity contribution in [2.75, 3.05) is 6.54 Å². The highest BCUT2D eigenvalue weighted by atomic mass is 16.4. The molecule has 1 saturated heterocycles. The molecule has 1 aliphatic heterocycles. The average Bonchev–Trinajstić information content (AvgIpc) is 2.30. The van der Waals surface area contributed by atoms with Crippen molar-refractivity contribution in [1.82, 2.24) is 4.90 Å². The van der Waals surface area contributed by atoms with Crippen molar-refractivity contribution in [3.05, 3.63) is 0 Å². The number of hydrogen-bond donors (Lipinski definition) is 1. The van der Waals surface area contributed by atoms with Crippen molar-refractivity contribution in [1.29, 1.82) is 5.26 Å². The molecule has 1 fully saturated rings. The molecule has 0 saturated carbocycles. The smallest absolute Gasteiger partial charge is 0.407 e. The molecule has 0 aromatic heterocycles. The summed E-state index contributed by atoms with van der Waals surface area (Å²) in [6.45, 7) is 2.27. The van der Waals surface area contributed by atoms with Gasteiger partial charge >= 0.3 is 6.09 Å². The van der Waals surface area contributed by atoms with Crippen LogP contribution in [-0.2, 0) is 0 Å². The van der Waals surface area contributed by atoms with Gasteiger partial charge in [-0.1, -0.05) is 0 Å². The zero-order valence-corrected chi connectivity index (χ0v) is 6.32. The van der Waals surface area contributed by atoms with Crippen molar-refractivity contribution in [2.24, 2.45) is 5.92 Å². The van der Waals surface area contributed by atoms with Crippen molar-refractivity contribution < 1.29 is 9.90 Å². The predicted molar refractivity (Wildman–Crippen MR) is 37.9 cm³/mol. The largest absolute Gasteiger partial charge is 0.465 e. The minimum atomic E-state index is -0.921. The van der Waals surface area contributed by atoms with Gasteiger partial charge in [0.15, 0.2) is 0 Å². The molecule has 2 atom stereocenters. The van der Waals surface area contributed by atoms with Crippen LogP contribution in [0.3, 0.4) is 0 Å². The van der Waals surface area contributed by atoms with Gasteiger partial charge in [0.25, 0.3) is 0 Å². The third-order valence-electron chi connectivity index (χ3n) is 2.17. The van der Waals surface area contributed by atoms with Crippen LogP contribution in [0.25, 0.3) is 0 Å². The molecular formula is C7H10N2O2. The minimum Gasteiger partial charge on any atom is -0.465 e. The van der Waals surface area contributed by atoms with Gasteiger partial charge in [-0.05, 0) is 13.3 Å². The van der Waals surface area contributed by atoms with Crippen LogP contribution in [0.5, 0.6) is 0 Å². The van der Waals surface area contributed by atoms with E-state index in [9.17, 15) is 4.79 Å². The van der Waals surface area contributed by atoms with Gasteiger partial charge < -0.3 is 10.0 Å². The van der Waals surface area contributed by atoms with Gasteiger partial charge in [-0.25, -0.2) is 4.79 Å². The average molecular weight is 154 g/mol. The molecule has 4 heteroatoms. The Balaban J connectivity index is 2.64. The number of hydrogen-bond acceptors (Lipinski definition) is 2. The first-order valence-electron chi connectivity index (χ1n) is 3.56. The summed E-state index contributed by atoms with van der Waals surface area (Å²) in [6.07, 6.45) is -0.250. The van der Waals surface area contributed by atoms with E-state index in [1.54, 1.807) is 6.92 Å². The van der Waals surface area contributed by atoms with Gasteiger partial charge in [0.1, 0.15) is 0 Å². The maximum absolute atomic E-state index is 10.5. The molecule has 0 radical (unpaired) electrons. The summed E-state index contributed by atoms with van der Waals surface area (Å²) in [5.41, 5.74) is 0. The van der Waals surface area contributed by atoms with Crippen molar-refractivity contribution in [2.45, 2.75) is 19.4 Å². The lowest BCUT2D eigenvalue weighted by Crippen LogP contribution is -2.34. The van der Waals surface area contributed by atoms with Gasteiger partial charge in [-0.2, -0.15) is 5.26 Å². The fourth-order valence-electron chi connectivity index (χ4n) is 1.38. The molecule has 1 rings (SSSR count). The topological polar surface area (TPSA) is 64.3 Å². The van der Waals surface area contributed by atoms with Crippen LogP contribution in [0.2, 0.25) is 0 Å². The Labute approximate surface area is 65.0 Å². The molecular weight excluding hydrogens is 144 g/mol. The Morgan fingerprint density at radius 1 is 1.82 bits per heavy atom. The summed E-state index contributed by atoms with van der Waals surface area (Å²) in [5.74, 6) is -0.119. The number of carboxylic acid groups (broad SMARTS) is 1. The zero-order valence-electron chi connectivity index (χ0n) is 6.32. The van der Waals surface area contributed by atoms with E-state index < -0.39 is 6.09 Å². The van der Waals surface area contributed by atoms with Crippen LogP contribution in [0.15, 0.2) is 0 Å².